The molecule has 33 heavy (non-hydrogen) atoms. The van der Waals surface area contributed by atoms with Crippen LogP contribution in [0.5, 0.6) is 0 Å². The number of hydrogen-bond acceptors (Lipinski definition) is 2. The summed E-state index contributed by atoms with van der Waals surface area (Å²) in [4.78, 5) is 34.3. The fourth-order valence-corrected chi connectivity index (χ4v) is 5.47. The van der Waals surface area contributed by atoms with Gasteiger partial charge in [-0.1, -0.05) is 78.3 Å². The first kappa shape index (κ1) is 20.1. The number of halogens is 1. The first-order valence-electron chi connectivity index (χ1n) is 11.1. The van der Waals surface area contributed by atoms with Gasteiger partial charge in [-0.3, -0.25) is 9.59 Å². The predicted molar refractivity (Wildman–Crippen MR) is 128 cm³/mol. The van der Waals surface area contributed by atoms with E-state index < -0.39 is 6.04 Å². The topological polar surface area (TPSA) is 56.4 Å². The number of aromatic nitrogens is 1. The fourth-order valence-electron chi connectivity index (χ4n) is 5.27. The van der Waals surface area contributed by atoms with Gasteiger partial charge < -0.3 is 14.8 Å². The molecule has 0 spiro atoms. The molecule has 0 radical (unpaired) electrons. The van der Waals surface area contributed by atoms with E-state index in [0.29, 0.717) is 18.0 Å². The van der Waals surface area contributed by atoms with Crippen LogP contribution in [-0.2, 0) is 22.6 Å². The molecule has 2 aliphatic heterocycles. The van der Waals surface area contributed by atoms with Crippen LogP contribution in [0.4, 0.5) is 0 Å². The van der Waals surface area contributed by atoms with Crippen molar-refractivity contribution in [3.05, 3.63) is 106 Å². The van der Waals surface area contributed by atoms with Gasteiger partial charge in [0.25, 0.3) is 0 Å². The van der Waals surface area contributed by atoms with Gasteiger partial charge in [0.05, 0.1) is 6.04 Å². The molecule has 1 saturated heterocycles. The Bertz CT molecular complexity index is 1380. The maximum absolute atomic E-state index is 13.7. The Kier molecular flexibility index (Phi) is 4.73. The highest BCUT2D eigenvalue weighted by Gasteiger charge is 2.48. The molecule has 2 atom stereocenters. The minimum absolute atomic E-state index is 0.0358. The lowest BCUT2D eigenvalue weighted by Gasteiger charge is -2.47. The van der Waals surface area contributed by atoms with E-state index in [2.05, 4.69) is 11.1 Å². The summed E-state index contributed by atoms with van der Waals surface area (Å²) in [5.74, 6) is -0.0869. The lowest BCUT2D eigenvalue weighted by molar-refractivity contribution is -0.159. The zero-order valence-electron chi connectivity index (χ0n) is 17.9. The number of nitrogens with one attached hydrogen (secondary N) is 1. The van der Waals surface area contributed by atoms with Crippen LogP contribution in [-0.4, -0.2) is 39.2 Å². The maximum Gasteiger partial charge on any atom is 0.246 e. The van der Waals surface area contributed by atoms with Crippen LogP contribution >= 0.6 is 11.6 Å². The van der Waals surface area contributed by atoms with E-state index in [1.165, 1.54) is 0 Å². The Morgan fingerprint density at radius 1 is 0.909 bits per heavy atom. The van der Waals surface area contributed by atoms with E-state index >= 15 is 0 Å². The van der Waals surface area contributed by atoms with E-state index in [1.54, 1.807) is 9.80 Å². The lowest BCUT2D eigenvalue weighted by Crippen LogP contribution is -2.62. The summed E-state index contributed by atoms with van der Waals surface area (Å²) in [7, 11) is 0. The number of hydrogen-bond donors (Lipinski definition) is 1. The van der Waals surface area contributed by atoms with Gasteiger partial charge in [0.15, 0.2) is 0 Å². The van der Waals surface area contributed by atoms with E-state index in [1.807, 2.05) is 72.8 Å². The third-order valence-corrected chi connectivity index (χ3v) is 7.15. The maximum atomic E-state index is 13.7. The van der Waals surface area contributed by atoms with E-state index in [4.69, 9.17) is 11.6 Å². The summed E-state index contributed by atoms with van der Waals surface area (Å²) in [5.41, 5.74) is 4.98. The quantitative estimate of drug-likeness (QED) is 0.486. The molecular weight excluding hydrogens is 434 g/mol. The van der Waals surface area contributed by atoms with Gasteiger partial charge in [0, 0.05) is 34.6 Å². The van der Waals surface area contributed by atoms with Gasteiger partial charge in [-0.25, -0.2) is 0 Å². The molecule has 4 aromatic rings. The largest absolute Gasteiger partial charge is 0.356 e. The Morgan fingerprint density at radius 3 is 2.45 bits per heavy atom. The molecule has 1 aromatic heterocycles. The van der Waals surface area contributed by atoms with E-state index in [-0.39, 0.29) is 24.4 Å². The molecule has 164 valence electrons. The molecule has 1 N–H and O–H groups in total. The molecule has 1 fully saturated rings. The molecule has 5 nitrogen and oxygen atoms in total. The monoisotopic (exact) mass is 455 g/mol. The number of piperazine rings is 1. The van der Waals surface area contributed by atoms with E-state index in [9.17, 15) is 9.59 Å². The average molecular weight is 456 g/mol. The van der Waals surface area contributed by atoms with Crippen molar-refractivity contribution in [1.82, 2.24) is 14.8 Å². The molecule has 6 heteroatoms. The number of fused-ring (bicyclic) bond motifs is 4. The van der Waals surface area contributed by atoms with Crippen LogP contribution in [0.1, 0.15) is 28.4 Å². The molecule has 3 aromatic carbocycles. The van der Waals surface area contributed by atoms with Gasteiger partial charge in [-0.05, 0) is 28.8 Å². The second kappa shape index (κ2) is 7.78. The Labute approximate surface area is 196 Å². The zero-order valence-corrected chi connectivity index (χ0v) is 18.6. The van der Waals surface area contributed by atoms with Crippen molar-refractivity contribution < 1.29 is 9.59 Å². The van der Waals surface area contributed by atoms with Crippen LogP contribution < -0.4 is 0 Å². The van der Waals surface area contributed by atoms with Crippen LogP contribution in [0, 0.1) is 0 Å². The molecule has 0 bridgehead atoms. The highest BCUT2D eigenvalue weighted by atomic mass is 35.5. The van der Waals surface area contributed by atoms with Gasteiger partial charge in [-0.2, -0.15) is 0 Å². The third-order valence-electron chi connectivity index (χ3n) is 6.78. The molecule has 3 heterocycles. The zero-order chi connectivity index (χ0) is 22.5. The number of rotatable bonds is 3. The number of para-hydroxylation sites is 1. The van der Waals surface area contributed by atoms with Gasteiger partial charge in [0.1, 0.15) is 12.6 Å². The molecular formula is C27H22ClN3O2. The van der Waals surface area contributed by atoms with Crippen LogP contribution in [0.2, 0.25) is 5.02 Å². The second-order valence-corrected chi connectivity index (χ2v) is 9.09. The second-order valence-electron chi connectivity index (χ2n) is 8.68. The van der Waals surface area contributed by atoms with Crippen molar-refractivity contribution in [1.29, 1.82) is 0 Å². The van der Waals surface area contributed by atoms with Crippen LogP contribution in [0.25, 0.3) is 10.9 Å². The molecule has 0 unspecified atom stereocenters. The third kappa shape index (κ3) is 3.23. The minimum atomic E-state index is -0.550. The number of benzene rings is 3. The highest BCUT2D eigenvalue weighted by Crippen LogP contribution is 2.42. The van der Waals surface area contributed by atoms with Gasteiger partial charge in [0.2, 0.25) is 11.8 Å². The first-order valence-corrected chi connectivity index (χ1v) is 11.5. The smallest absolute Gasteiger partial charge is 0.246 e. The summed E-state index contributed by atoms with van der Waals surface area (Å²) in [6, 6.07) is 24.7. The summed E-state index contributed by atoms with van der Waals surface area (Å²) in [6.45, 7) is 0.366. The molecule has 6 rings (SSSR count). The molecule has 2 amide bonds. The van der Waals surface area contributed by atoms with Crippen molar-refractivity contribution in [2.45, 2.75) is 25.0 Å². The predicted octanol–water partition coefficient (Wildman–Crippen LogP) is 4.71. The molecule has 0 saturated carbocycles. The number of carbonyl (C=O) groups is 2. The number of aromatic amines is 1. The molecule has 0 aliphatic carbocycles. The van der Waals surface area contributed by atoms with Gasteiger partial charge >= 0.3 is 0 Å². The van der Waals surface area contributed by atoms with Crippen molar-refractivity contribution in [2.24, 2.45) is 0 Å². The molecule has 2 aliphatic rings. The standard InChI is InChI=1S/C27H22ClN3O2/c28-21-12-6-4-10-18(21)15-30-16-24(32)31-23(27(30)33)14-20-19-11-5-7-13-22(19)29-25(20)26(31)17-8-2-1-3-9-17/h1-13,23,26,29H,14-16H2/t23-,26+/m0/s1. The summed E-state index contributed by atoms with van der Waals surface area (Å²) >= 11 is 6.35. The summed E-state index contributed by atoms with van der Waals surface area (Å²) < 4.78 is 0. The summed E-state index contributed by atoms with van der Waals surface area (Å²) in [6.07, 6.45) is 0.492. The van der Waals surface area contributed by atoms with E-state index in [0.717, 1.165) is 33.3 Å². The van der Waals surface area contributed by atoms with Crippen molar-refractivity contribution in [3.63, 3.8) is 0 Å². The van der Waals surface area contributed by atoms with Gasteiger partial charge in [-0.15, -0.1) is 0 Å². The average Bonchev–Trinajstić information content (AvgIpc) is 3.21. The van der Waals surface area contributed by atoms with Crippen molar-refractivity contribution >= 4 is 34.3 Å². The SMILES string of the molecule is O=C1[C@@H]2Cc3c([nH]c4ccccc34)[C@@H](c3ccccc3)N2C(=O)CN1Cc1ccccc1Cl. The van der Waals surface area contributed by atoms with Crippen molar-refractivity contribution in [2.75, 3.05) is 6.54 Å². The number of H-pyrrole nitrogens is 1. The Morgan fingerprint density at radius 2 is 1.64 bits per heavy atom. The minimum Gasteiger partial charge on any atom is -0.356 e. The summed E-state index contributed by atoms with van der Waals surface area (Å²) in [5, 5.41) is 1.71. The normalized spacial score (nSPS) is 20.2. The Balaban J connectivity index is 1.46. The van der Waals surface area contributed by atoms with Crippen LogP contribution in [0.15, 0.2) is 78.9 Å². The Hall–Kier alpha value is -3.57. The first-order chi connectivity index (χ1) is 16.1. The highest BCUT2D eigenvalue weighted by molar-refractivity contribution is 6.31. The lowest BCUT2D eigenvalue weighted by atomic mass is 9.86. The van der Waals surface area contributed by atoms with Crippen molar-refractivity contribution in [3.8, 4) is 0 Å². The number of amides is 2. The number of nitrogens with zero attached hydrogens (tertiary/aromatic N) is 2. The van der Waals surface area contributed by atoms with Crippen LogP contribution in [0.3, 0.4) is 0 Å². The fraction of sp³-hybridized carbons (Fsp3) is 0.185. The number of carbonyl (C=O) groups excluding carboxylic acids is 2.